The Kier molecular flexibility index (Phi) is 6.53. The second kappa shape index (κ2) is 8.16. The standard InChI is InChI=1S/C17H27BrN2/c1-3-4-11-20(16-8-9-16)12-10-17(19-2)14-6-5-7-15(18)13-14/h5-7,13,16-17,19H,3-4,8-12H2,1-2H3. The number of nitrogens with one attached hydrogen (secondary N) is 1. The summed E-state index contributed by atoms with van der Waals surface area (Å²) in [4.78, 5) is 2.70. The van der Waals surface area contributed by atoms with Crippen LogP contribution >= 0.6 is 15.9 Å². The molecule has 1 fully saturated rings. The Bertz CT molecular complexity index is 404. The molecule has 0 radical (unpaired) electrons. The van der Waals surface area contributed by atoms with Crippen LogP contribution < -0.4 is 5.32 Å². The van der Waals surface area contributed by atoms with Crippen LogP contribution in [0.15, 0.2) is 28.7 Å². The highest BCUT2D eigenvalue weighted by molar-refractivity contribution is 9.10. The number of halogens is 1. The molecule has 2 nitrogen and oxygen atoms in total. The molecule has 1 aliphatic carbocycles. The van der Waals surface area contributed by atoms with E-state index in [0.29, 0.717) is 6.04 Å². The van der Waals surface area contributed by atoms with Crippen LogP contribution in [0.3, 0.4) is 0 Å². The van der Waals surface area contributed by atoms with Gasteiger partial charge in [0.25, 0.3) is 0 Å². The van der Waals surface area contributed by atoms with Crippen LogP contribution in [-0.4, -0.2) is 31.1 Å². The van der Waals surface area contributed by atoms with Gasteiger partial charge in [0.05, 0.1) is 0 Å². The third-order valence-electron chi connectivity index (χ3n) is 4.17. The highest BCUT2D eigenvalue weighted by Crippen LogP contribution is 2.28. The topological polar surface area (TPSA) is 15.3 Å². The Morgan fingerprint density at radius 1 is 1.35 bits per heavy atom. The monoisotopic (exact) mass is 338 g/mol. The van der Waals surface area contributed by atoms with Crippen molar-refractivity contribution in [3.05, 3.63) is 34.3 Å². The molecular formula is C17H27BrN2. The number of rotatable bonds is 9. The van der Waals surface area contributed by atoms with E-state index in [1.807, 2.05) is 0 Å². The molecule has 1 unspecified atom stereocenters. The predicted octanol–water partition coefficient (Wildman–Crippen LogP) is 4.36. The SMILES string of the molecule is CCCCN(CCC(NC)c1cccc(Br)c1)C1CC1. The molecule has 1 aromatic carbocycles. The first-order valence-electron chi connectivity index (χ1n) is 7.91. The molecule has 1 aromatic rings. The Labute approximate surface area is 132 Å². The van der Waals surface area contributed by atoms with Gasteiger partial charge in [-0.05, 0) is 57.0 Å². The van der Waals surface area contributed by atoms with Gasteiger partial charge in [0, 0.05) is 23.1 Å². The number of hydrogen-bond donors (Lipinski definition) is 1. The fraction of sp³-hybridized carbons (Fsp3) is 0.647. The third-order valence-corrected chi connectivity index (χ3v) is 4.66. The van der Waals surface area contributed by atoms with E-state index < -0.39 is 0 Å². The van der Waals surface area contributed by atoms with E-state index in [1.54, 1.807) is 0 Å². The molecule has 1 N–H and O–H groups in total. The molecule has 0 amide bonds. The molecule has 0 saturated heterocycles. The number of hydrogen-bond acceptors (Lipinski definition) is 2. The molecule has 0 spiro atoms. The molecule has 0 aromatic heterocycles. The summed E-state index contributed by atoms with van der Waals surface area (Å²) in [5.74, 6) is 0. The van der Waals surface area contributed by atoms with E-state index in [-0.39, 0.29) is 0 Å². The van der Waals surface area contributed by atoms with Gasteiger partial charge >= 0.3 is 0 Å². The van der Waals surface area contributed by atoms with Crippen LogP contribution in [0.5, 0.6) is 0 Å². The van der Waals surface area contributed by atoms with Gasteiger partial charge in [0.1, 0.15) is 0 Å². The first-order valence-corrected chi connectivity index (χ1v) is 8.70. The number of benzene rings is 1. The minimum atomic E-state index is 0.454. The minimum absolute atomic E-state index is 0.454. The van der Waals surface area contributed by atoms with Crippen LogP contribution in [0.4, 0.5) is 0 Å². The summed E-state index contributed by atoms with van der Waals surface area (Å²) >= 11 is 3.57. The molecule has 20 heavy (non-hydrogen) atoms. The van der Waals surface area contributed by atoms with Gasteiger partial charge in [-0.15, -0.1) is 0 Å². The maximum Gasteiger partial charge on any atom is 0.0330 e. The summed E-state index contributed by atoms with van der Waals surface area (Å²) in [5.41, 5.74) is 1.38. The Hall–Kier alpha value is -0.380. The van der Waals surface area contributed by atoms with Gasteiger partial charge in [-0.3, -0.25) is 0 Å². The summed E-state index contributed by atoms with van der Waals surface area (Å²) in [6.07, 6.45) is 6.63. The molecule has 1 aliphatic rings. The van der Waals surface area contributed by atoms with Crippen molar-refractivity contribution in [2.45, 2.75) is 51.1 Å². The molecule has 1 saturated carbocycles. The summed E-state index contributed by atoms with van der Waals surface area (Å²) in [6.45, 7) is 4.77. The van der Waals surface area contributed by atoms with Crippen LogP contribution in [0.2, 0.25) is 0 Å². The van der Waals surface area contributed by atoms with Gasteiger partial charge in [0.15, 0.2) is 0 Å². The smallest absolute Gasteiger partial charge is 0.0330 e. The number of nitrogens with zero attached hydrogens (tertiary/aromatic N) is 1. The zero-order valence-corrected chi connectivity index (χ0v) is 14.3. The van der Waals surface area contributed by atoms with Gasteiger partial charge in [-0.25, -0.2) is 0 Å². The van der Waals surface area contributed by atoms with Crippen molar-refractivity contribution >= 4 is 15.9 Å². The second-order valence-corrected chi connectivity index (χ2v) is 6.72. The molecular weight excluding hydrogens is 312 g/mol. The molecule has 1 atom stereocenters. The van der Waals surface area contributed by atoms with Crippen LogP contribution in [0.1, 0.15) is 50.6 Å². The summed E-state index contributed by atoms with van der Waals surface area (Å²) in [6, 6.07) is 10.00. The van der Waals surface area contributed by atoms with E-state index in [4.69, 9.17) is 0 Å². The Morgan fingerprint density at radius 2 is 2.15 bits per heavy atom. The maximum atomic E-state index is 3.57. The van der Waals surface area contributed by atoms with E-state index in [1.165, 1.54) is 55.2 Å². The highest BCUT2D eigenvalue weighted by Gasteiger charge is 2.28. The van der Waals surface area contributed by atoms with E-state index in [0.717, 1.165) is 6.04 Å². The molecule has 0 heterocycles. The van der Waals surface area contributed by atoms with E-state index >= 15 is 0 Å². The Morgan fingerprint density at radius 3 is 2.75 bits per heavy atom. The summed E-state index contributed by atoms with van der Waals surface area (Å²) < 4.78 is 1.17. The van der Waals surface area contributed by atoms with Gasteiger partial charge in [-0.2, -0.15) is 0 Å². The average Bonchev–Trinajstić information content (AvgIpc) is 3.27. The second-order valence-electron chi connectivity index (χ2n) is 5.81. The molecule has 0 aliphatic heterocycles. The lowest BCUT2D eigenvalue weighted by Crippen LogP contribution is -2.31. The maximum absolute atomic E-state index is 3.57. The lowest BCUT2D eigenvalue weighted by Gasteiger charge is -2.25. The lowest BCUT2D eigenvalue weighted by molar-refractivity contribution is 0.245. The van der Waals surface area contributed by atoms with Crippen molar-refractivity contribution in [1.29, 1.82) is 0 Å². The lowest BCUT2D eigenvalue weighted by atomic mass is 10.0. The zero-order chi connectivity index (χ0) is 14.4. The van der Waals surface area contributed by atoms with Crippen LogP contribution in [-0.2, 0) is 0 Å². The fourth-order valence-corrected chi connectivity index (χ4v) is 3.19. The first kappa shape index (κ1) is 16.0. The van der Waals surface area contributed by atoms with E-state index in [2.05, 4.69) is 64.4 Å². The zero-order valence-electron chi connectivity index (χ0n) is 12.7. The average molecular weight is 339 g/mol. The van der Waals surface area contributed by atoms with Crippen LogP contribution in [0.25, 0.3) is 0 Å². The fourth-order valence-electron chi connectivity index (χ4n) is 2.77. The molecule has 3 heteroatoms. The van der Waals surface area contributed by atoms with Crippen molar-refractivity contribution < 1.29 is 0 Å². The summed E-state index contributed by atoms with van der Waals surface area (Å²) in [5, 5.41) is 3.47. The van der Waals surface area contributed by atoms with Crippen molar-refractivity contribution in [2.24, 2.45) is 0 Å². The van der Waals surface area contributed by atoms with Gasteiger partial charge in [0.2, 0.25) is 0 Å². The first-order chi connectivity index (χ1) is 9.74. The predicted molar refractivity (Wildman–Crippen MR) is 90.1 cm³/mol. The third kappa shape index (κ3) is 4.87. The van der Waals surface area contributed by atoms with Crippen LogP contribution in [0, 0.1) is 0 Å². The van der Waals surface area contributed by atoms with Crippen molar-refractivity contribution in [3.63, 3.8) is 0 Å². The minimum Gasteiger partial charge on any atom is -0.313 e. The quantitative estimate of drug-likeness (QED) is 0.719. The molecule has 0 bridgehead atoms. The Balaban J connectivity index is 1.88. The highest BCUT2D eigenvalue weighted by atomic mass is 79.9. The van der Waals surface area contributed by atoms with Gasteiger partial charge in [-0.1, -0.05) is 41.4 Å². The number of unbranched alkanes of at least 4 members (excludes halogenated alkanes) is 1. The molecule has 2 rings (SSSR count). The normalized spacial score (nSPS) is 16.6. The largest absolute Gasteiger partial charge is 0.313 e. The van der Waals surface area contributed by atoms with Gasteiger partial charge < -0.3 is 10.2 Å². The summed E-state index contributed by atoms with van der Waals surface area (Å²) in [7, 11) is 2.07. The van der Waals surface area contributed by atoms with Crippen molar-refractivity contribution in [1.82, 2.24) is 10.2 Å². The van der Waals surface area contributed by atoms with Crippen molar-refractivity contribution in [2.75, 3.05) is 20.1 Å². The molecule has 112 valence electrons. The van der Waals surface area contributed by atoms with E-state index in [9.17, 15) is 0 Å². The van der Waals surface area contributed by atoms with Crippen molar-refractivity contribution in [3.8, 4) is 0 Å².